The van der Waals surface area contributed by atoms with Crippen LogP contribution in [0.15, 0.2) is 0 Å². The Hall–Kier alpha value is -0.0500. The molecular weight excluding hydrogens is 219 g/mol. The zero-order valence-corrected chi connectivity index (χ0v) is 7.91. The molecule has 0 radical (unpaired) electrons. The zero-order valence-electron chi connectivity index (χ0n) is 7.02. The third-order valence-electron chi connectivity index (χ3n) is 1.38. The first kappa shape index (κ1) is 13.9. The summed E-state index contributed by atoms with van der Waals surface area (Å²) in [6, 6.07) is 0. The summed E-state index contributed by atoms with van der Waals surface area (Å²) in [5.74, 6) is 0. The smallest absolute Gasteiger partial charge is 0.110 e. The molecular formula is C5H11O8P-2. The molecule has 9 heteroatoms. The van der Waals surface area contributed by atoms with Crippen LogP contribution in [0, 0.1) is 0 Å². The minimum Gasteiger partial charge on any atom is -0.790 e. The van der Waals surface area contributed by atoms with E-state index in [1.165, 1.54) is 0 Å². The Morgan fingerprint density at radius 3 is 2.07 bits per heavy atom. The Morgan fingerprint density at radius 2 is 1.71 bits per heavy atom. The summed E-state index contributed by atoms with van der Waals surface area (Å²) >= 11 is 0. The Morgan fingerprint density at radius 1 is 1.21 bits per heavy atom. The van der Waals surface area contributed by atoms with Crippen LogP contribution < -0.4 is 9.79 Å². The largest absolute Gasteiger partial charge is 0.790 e. The maximum atomic E-state index is 9.94. The van der Waals surface area contributed by atoms with Gasteiger partial charge < -0.3 is 39.3 Å². The predicted octanol–water partition coefficient (Wildman–Crippen LogP) is -4.09. The molecule has 0 aromatic carbocycles. The molecule has 3 atom stereocenters. The van der Waals surface area contributed by atoms with Gasteiger partial charge in [0, 0.05) is 0 Å². The summed E-state index contributed by atoms with van der Waals surface area (Å²) in [4.78, 5) is 19.9. The molecule has 0 fully saturated rings. The van der Waals surface area contributed by atoms with Crippen molar-refractivity contribution in [3.05, 3.63) is 0 Å². The number of hydrogen-bond acceptors (Lipinski definition) is 8. The van der Waals surface area contributed by atoms with Crippen molar-refractivity contribution in [3.8, 4) is 0 Å². The lowest BCUT2D eigenvalue weighted by molar-refractivity contribution is -0.343. The van der Waals surface area contributed by atoms with Crippen LogP contribution in [0.2, 0.25) is 0 Å². The van der Waals surface area contributed by atoms with Crippen LogP contribution in [0.1, 0.15) is 0 Å². The molecule has 86 valence electrons. The summed E-state index contributed by atoms with van der Waals surface area (Å²) in [5, 5.41) is 35.0. The lowest BCUT2D eigenvalue weighted by atomic mass is 10.1. The van der Waals surface area contributed by atoms with Crippen molar-refractivity contribution in [2.75, 3.05) is 13.2 Å². The lowest BCUT2D eigenvalue weighted by Gasteiger charge is -2.31. The van der Waals surface area contributed by atoms with Gasteiger partial charge in [-0.15, -0.1) is 0 Å². The number of phosphoric acid groups is 1. The average Bonchev–Trinajstić information content (AvgIpc) is 2.10. The zero-order chi connectivity index (χ0) is 11.4. The Kier molecular flexibility index (Phi) is 5.72. The van der Waals surface area contributed by atoms with E-state index >= 15 is 0 Å². The van der Waals surface area contributed by atoms with E-state index in [-0.39, 0.29) is 0 Å². The molecule has 0 spiro atoms. The van der Waals surface area contributed by atoms with Gasteiger partial charge in [-0.1, -0.05) is 0 Å². The summed E-state index contributed by atoms with van der Waals surface area (Å²) in [7, 11) is -5.21. The second-order valence-electron chi connectivity index (χ2n) is 2.55. The monoisotopic (exact) mass is 230 g/mol. The Bertz CT molecular complexity index is 202. The third-order valence-corrected chi connectivity index (χ3v) is 1.84. The highest BCUT2D eigenvalue weighted by molar-refractivity contribution is 7.43. The predicted molar refractivity (Wildman–Crippen MR) is 38.7 cm³/mol. The number of aliphatic hydroxyl groups excluding tert-OH is 4. The maximum Gasteiger partial charge on any atom is 0.110 e. The topological polar surface area (TPSA) is 153 Å². The van der Waals surface area contributed by atoms with E-state index in [4.69, 9.17) is 20.4 Å². The fraction of sp³-hybridized carbons (Fsp3) is 1.00. The quantitative estimate of drug-likeness (QED) is 0.336. The van der Waals surface area contributed by atoms with Crippen LogP contribution in [0.4, 0.5) is 0 Å². The van der Waals surface area contributed by atoms with Gasteiger partial charge in [0.1, 0.15) is 18.3 Å². The number of aliphatic hydroxyl groups is 4. The molecule has 0 bridgehead atoms. The number of hydrogen-bond donors (Lipinski definition) is 4. The Labute approximate surface area is 79.6 Å². The van der Waals surface area contributed by atoms with Crippen LogP contribution in [0.5, 0.6) is 0 Å². The van der Waals surface area contributed by atoms with Gasteiger partial charge in [-0.3, -0.25) is 0 Å². The van der Waals surface area contributed by atoms with Gasteiger partial charge in [0.25, 0.3) is 0 Å². The molecule has 0 aliphatic heterocycles. The molecule has 8 nitrogen and oxygen atoms in total. The van der Waals surface area contributed by atoms with Crippen LogP contribution in [-0.4, -0.2) is 52.0 Å². The van der Waals surface area contributed by atoms with Gasteiger partial charge in [-0.2, -0.15) is 0 Å². The lowest BCUT2D eigenvalue weighted by Crippen LogP contribution is -2.42. The van der Waals surface area contributed by atoms with Crippen LogP contribution in [-0.2, 0) is 9.09 Å². The fourth-order valence-corrected chi connectivity index (χ4v) is 0.966. The van der Waals surface area contributed by atoms with Crippen molar-refractivity contribution in [1.82, 2.24) is 0 Å². The molecule has 0 amide bonds. The van der Waals surface area contributed by atoms with Gasteiger partial charge >= 0.3 is 0 Å². The average molecular weight is 230 g/mol. The molecule has 14 heavy (non-hydrogen) atoms. The van der Waals surface area contributed by atoms with Crippen molar-refractivity contribution >= 4 is 7.82 Å². The molecule has 0 aromatic heterocycles. The van der Waals surface area contributed by atoms with Crippen molar-refractivity contribution in [2.45, 2.75) is 18.3 Å². The van der Waals surface area contributed by atoms with Gasteiger partial charge in [0.15, 0.2) is 0 Å². The summed E-state index contributed by atoms with van der Waals surface area (Å²) in [6.45, 7) is -1.78. The van der Waals surface area contributed by atoms with Gasteiger partial charge in [-0.05, 0) is 0 Å². The van der Waals surface area contributed by atoms with E-state index in [9.17, 15) is 14.4 Å². The van der Waals surface area contributed by atoms with Gasteiger partial charge in [-0.25, -0.2) is 0 Å². The van der Waals surface area contributed by atoms with Crippen molar-refractivity contribution < 1.29 is 39.3 Å². The Balaban J connectivity index is 3.96. The summed E-state index contributed by atoms with van der Waals surface area (Å²) < 4.78 is 13.6. The maximum absolute atomic E-state index is 9.94. The molecule has 0 saturated carbocycles. The number of rotatable bonds is 6. The van der Waals surface area contributed by atoms with Crippen molar-refractivity contribution in [1.29, 1.82) is 0 Å². The molecule has 0 aliphatic carbocycles. The molecule has 4 N–H and O–H groups in total. The molecule has 0 heterocycles. The van der Waals surface area contributed by atoms with Crippen LogP contribution in [0.3, 0.4) is 0 Å². The van der Waals surface area contributed by atoms with Crippen molar-refractivity contribution in [2.24, 2.45) is 0 Å². The van der Waals surface area contributed by atoms with E-state index in [1.807, 2.05) is 0 Å². The molecule has 0 rings (SSSR count). The molecule has 0 unspecified atom stereocenters. The minimum atomic E-state index is -5.21. The van der Waals surface area contributed by atoms with E-state index in [0.717, 1.165) is 0 Å². The van der Waals surface area contributed by atoms with Crippen LogP contribution in [0.25, 0.3) is 0 Å². The minimum absolute atomic E-state index is 0.815. The third kappa shape index (κ3) is 5.63. The van der Waals surface area contributed by atoms with E-state index < -0.39 is 39.3 Å². The second-order valence-corrected chi connectivity index (χ2v) is 3.70. The summed E-state index contributed by atoms with van der Waals surface area (Å²) in [5.41, 5.74) is 0. The molecule has 0 aliphatic rings. The fourth-order valence-electron chi connectivity index (χ4n) is 0.631. The second kappa shape index (κ2) is 5.74. The van der Waals surface area contributed by atoms with E-state index in [0.29, 0.717) is 0 Å². The first-order valence-corrected chi connectivity index (χ1v) is 5.05. The highest BCUT2D eigenvalue weighted by atomic mass is 31.2. The normalized spacial score (nSPS) is 19.0. The van der Waals surface area contributed by atoms with Gasteiger partial charge in [0.05, 0.1) is 21.0 Å². The van der Waals surface area contributed by atoms with Crippen molar-refractivity contribution in [3.63, 3.8) is 0 Å². The summed E-state index contributed by atoms with van der Waals surface area (Å²) in [6.07, 6.45) is -5.19. The van der Waals surface area contributed by atoms with E-state index in [1.54, 1.807) is 0 Å². The number of phosphoric ester groups is 1. The SMILES string of the molecule is O=P([O-])([O-])OC[C@H](O)[C@H](O)[C@@H](O)CO. The highest BCUT2D eigenvalue weighted by Gasteiger charge is 2.24. The molecule has 0 saturated heterocycles. The highest BCUT2D eigenvalue weighted by Crippen LogP contribution is 2.24. The van der Waals surface area contributed by atoms with Crippen LogP contribution >= 0.6 is 7.82 Å². The van der Waals surface area contributed by atoms with Gasteiger partial charge in [0.2, 0.25) is 0 Å². The molecule has 0 aromatic rings. The first-order chi connectivity index (χ1) is 6.28. The van der Waals surface area contributed by atoms with E-state index in [2.05, 4.69) is 4.52 Å². The standard InChI is InChI=1S/C5H13O8P/c6-1-3(7)5(9)4(8)2-13-14(10,11)12/h3-9H,1-2H2,(H2,10,11,12)/p-2/t3-,4-,5+/m0/s1. The first-order valence-electron chi connectivity index (χ1n) is 3.59.